The number of β-amino-alcohol motifs (C(OH)–C–C–N with tert-alkyl or cyclic N) is 1. The molecule has 5 nitrogen and oxygen atoms in total. The molecule has 0 unspecified atom stereocenters. The van der Waals surface area contributed by atoms with Crippen LogP contribution in [0.4, 0.5) is 0 Å². The van der Waals surface area contributed by atoms with Gasteiger partial charge in [-0.1, -0.05) is 29.8 Å². The predicted octanol–water partition coefficient (Wildman–Crippen LogP) is 2.12. The molecule has 0 radical (unpaired) electrons. The Morgan fingerprint density at radius 1 is 1.29 bits per heavy atom. The van der Waals surface area contributed by atoms with E-state index in [2.05, 4.69) is 9.97 Å². The average molecular weight is 346 g/mol. The minimum absolute atomic E-state index is 0.00552. The van der Waals surface area contributed by atoms with E-state index in [1.165, 1.54) is 0 Å². The zero-order chi connectivity index (χ0) is 16.9. The van der Waals surface area contributed by atoms with Gasteiger partial charge >= 0.3 is 0 Å². The number of hydrogen-bond acceptors (Lipinski definition) is 4. The third-order valence-corrected chi connectivity index (χ3v) is 4.78. The van der Waals surface area contributed by atoms with Gasteiger partial charge in [-0.2, -0.15) is 0 Å². The molecular formula is C18H20ClN3O2. The van der Waals surface area contributed by atoms with Crippen LogP contribution in [-0.2, 0) is 17.6 Å². The molecule has 0 saturated carbocycles. The summed E-state index contributed by atoms with van der Waals surface area (Å²) in [5.41, 5.74) is 1.82. The molecule has 1 aromatic carbocycles. The molecule has 1 N–H and O–H groups in total. The van der Waals surface area contributed by atoms with Crippen LogP contribution in [0.25, 0.3) is 0 Å². The van der Waals surface area contributed by atoms with Crippen molar-refractivity contribution in [3.8, 4) is 0 Å². The highest BCUT2D eigenvalue weighted by Gasteiger charge is 2.33. The standard InChI is InChI=1S/C18H20ClN3O2/c19-16-4-2-1-3-13(16)5-6-18(24)22-11-14(17(23)12-22)9-15-10-20-7-8-21-15/h1-4,7-8,10,14,17,23H,5-6,9,11-12H2/t14-,17-/m1/s1. The molecule has 1 aliphatic heterocycles. The minimum atomic E-state index is -0.517. The Kier molecular flexibility index (Phi) is 5.43. The maximum atomic E-state index is 12.4. The number of benzene rings is 1. The van der Waals surface area contributed by atoms with Crippen molar-refractivity contribution < 1.29 is 9.90 Å². The van der Waals surface area contributed by atoms with Gasteiger partial charge in [0.15, 0.2) is 0 Å². The van der Waals surface area contributed by atoms with Gasteiger partial charge in [0.1, 0.15) is 0 Å². The summed E-state index contributed by atoms with van der Waals surface area (Å²) in [5, 5.41) is 10.9. The van der Waals surface area contributed by atoms with Crippen LogP contribution in [0.1, 0.15) is 17.7 Å². The van der Waals surface area contributed by atoms with E-state index in [1.54, 1.807) is 23.5 Å². The molecule has 0 aliphatic carbocycles. The number of aromatic nitrogens is 2. The molecule has 3 rings (SSSR count). The van der Waals surface area contributed by atoms with Gasteiger partial charge in [0.2, 0.25) is 5.91 Å². The Morgan fingerprint density at radius 2 is 2.12 bits per heavy atom. The Labute approximate surface area is 146 Å². The molecule has 1 saturated heterocycles. The Morgan fingerprint density at radius 3 is 2.88 bits per heavy atom. The largest absolute Gasteiger partial charge is 0.391 e. The lowest BCUT2D eigenvalue weighted by Crippen LogP contribution is -2.29. The number of aliphatic hydroxyl groups excluding tert-OH is 1. The number of halogens is 1. The maximum Gasteiger partial charge on any atom is 0.223 e. The highest BCUT2D eigenvalue weighted by molar-refractivity contribution is 6.31. The van der Waals surface area contributed by atoms with E-state index in [4.69, 9.17) is 11.6 Å². The predicted molar refractivity (Wildman–Crippen MR) is 91.6 cm³/mol. The smallest absolute Gasteiger partial charge is 0.223 e. The summed E-state index contributed by atoms with van der Waals surface area (Å²) in [7, 11) is 0. The summed E-state index contributed by atoms with van der Waals surface area (Å²) in [5.74, 6) is 0.0570. The van der Waals surface area contributed by atoms with Gasteiger partial charge in [-0.05, 0) is 24.5 Å². The van der Waals surface area contributed by atoms with Crippen LogP contribution in [0.5, 0.6) is 0 Å². The van der Waals surface area contributed by atoms with Crippen LogP contribution < -0.4 is 0 Å². The molecule has 24 heavy (non-hydrogen) atoms. The van der Waals surface area contributed by atoms with Crippen molar-refractivity contribution in [3.63, 3.8) is 0 Å². The fraction of sp³-hybridized carbons (Fsp3) is 0.389. The number of carbonyl (C=O) groups is 1. The average Bonchev–Trinajstić information content (AvgIpc) is 2.96. The molecule has 1 amide bonds. The Hall–Kier alpha value is -1.98. The van der Waals surface area contributed by atoms with Crippen LogP contribution in [0.3, 0.4) is 0 Å². The van der Waals surface area contributed by atoms with Gasteiger partial charge in [0.25, 0.3) is 0 Å². The van der Waals surface area contributed by atoms with Crippen molar-refractivity contribution in [3.05, 3.63) is 59.1 Å². The lowest BCUT2D eigenvalue weighted by Gasteiger charge is -2.16. The quantitative estimate of drug-likeness (QED) is 0.901. The van der Waals surface area contributed by atoms with Crippen molar-refractivity contribution in [1.29, 1.82) is 0 Å². The van der Waals surface area contributed by atoms with Gasteiger partial charge in [-0.25, -0.2) is 0 Å². The molecule has 126 valence electrons. The second kappa shape index (κ2) is 7.73. The van der Waals surface area contributed by atoms with Gasteiger partial charge < -0.3 is 10.0 Å². The van der Waals surface area contributed by atoms with E-state index in [1.807, 2.05) is 24.3 Å². The summed E-state index contributed by atoms with van der Waals surface area (Å²) in [6.07, 6.45) is 6.09. The van der Waals surface area contributed by atoms with Crippen LogP contribution >= 0.6 is 11.6 Å². The van der Waals surface area contributed by atoms with Crippen molar-refractivity contribution in [1.82, 2.24) is 14.9 Å². The number of aliphatic hydroxyl groups is 1. The van der Waals surface area contributed by atoms with E-state index >= 15 is 0 Å². The lowest BCUT2D eigenvalue weighted by atomic mass is 10.0. The highest BCUT2D eigenvalue weighted by Crippen LogP contribution is 2.22. The summed E-state index contributed by atoms with van der Waals surface area (Å²) < 4.78 is 0. The molecule has 1 aliphatic rings. The molecular weight excluding hydrogens is 326 g/mol. The topological polar surface area (TPSA) is 66.3 Å². The number of nitrogens with zero attached hydrogens (tertiary/aromatic N) is 3. The summed E-state index contributed by atoms with van der Waals surface area (Å²) in [6, 6.07) is 7.56. The van der Waals surface area contributed by atoms with E-state index in [0.29, 0.717) is 37.4 Å². The number of hydrogen-bond donors (Lipinski definition) is 1. The van der Waals surface area contributed by atoms with Crippen molar-refractivity contribution in [2.75, 3.05) is 13.1 Å². The molecule has 2 atom stereocenters. The first-order valence-electron chi connectivity index (χ1n) is 8.07. The molecule has 0 bridgehead atoms. The van der Waals surface area contributed by atoms with Crippen LogP contribution in [0.2, 0.25) is 5.02 Å². The third kappa shape index (κ3) is 4.10. The third-order valence-electron chi connectivity index (χ3n) is 4.41. The highest BCUT2D eigenvalue weighted by atomic mass is 35.5. The number of rotatable bonds is 5. The van der Waals surface area contributed by atoms with Gasteiger partial charge in [-0.15, -0.1) is 0 Å². The van der Waals surface area contributed by atoms with Gasteiger partial charge in [0, 0.05) is 49.0 Å². The number of aryl methyl sites for hydroxylation is 1. The fourth-order valence-corrected chi connectivity index (χ4v) is 3.29. The summed E-state index contributed by atoms with van der Waals surface area (Å²) in [4.78, 5) is 22.4. The van der Waals surface area contributed by atoms with Crippen LogP contribution in [-0.4, -0.2) is 45.1 Å². The van der Waals surface area contributed by atoms with E-state index in [0.717, 1.165) is 11.3 Å². The van der Waals surface area contributed by atoms with Crippen LogP contribution in [0.15, 0.2) is 42.9 Å². The van der Waals surface area contributed by atoms with Crippen molar-refractivity contribution >= 4 is 17.5 Å². The second-order valence-corrected chi connectivity index (χ2v) is 6.53. The molecule has 2 aromatic rings. The Bertz CT molecular complexity index is 696. The molecule has 0 spiro atoms. The number of likely N-dealkylation sites (tertiary alicyclic amines) is 1. The van der Waals surface area contributed by atoms with Gasteiger partial charge in [0.05, 0.1) is 11.8 Å². The lowest BCUT2D eigenvalue weighted by molar-refractivity contribution is -0.130. The molecule has 2 heterocycles. The summed E-state index contributed by atoms with van der Waals surface area (Å²) >= 11 is 6.13. The van der Waals surface area contributed by atoms with Crippen molar-refractivity contribution in [2.45, 2.75) is 25.4 Å². The normalized spacial score (nSPS) is 20.3. The van der Waals surface area contributed by atoms with E-state index < -0.39 is 6.10 Å². The van der Waals surface area contributed by atoms with Gasteiger partial charge in [-0.3, -0.25) is 14.8 Å². The monoisotopic (exact) mass is 345 g/mol. The number of carbonyl (C=O) groups excluding carboxylic acids is 1. The fourth-order valence-electron chi connectivity index (χ4n) is 3.06. The van der Waals surface area contributed by atoms with E-state index in [-0.39, 0.29) is 11.8 Å². The molecule has 1 fully saturated rings. The molecule has 1 aromatic heterocycles. The first-order valence-corrected chi connectivity index (χ1v) is 8.45. The minimum Gasteiger partial charge on any atom is -0.391 e. The van der Waals surface area contributed by atoms with Crippen LogP contribution in [0, 0.1) is 5.92 Å². The Balaban J connectivity index is 1.54. The first-order chi connectivity index (χ1) is 11.6. The zero-order valence-corrected chi connectivity index (χ0v) is 14.1. The van der Waals surface area contributed by atoms with E-state index in [9.17, 15) is 9.90 Å². The van der Waals surface area contributed by atoms with Crippen molar-refractivity contribution in [2.24, 2.45) is 5.92 Å². The summed E-state index contributed by atoms with van der Waals surface area (Å²) in [6.45, 7) is 0.936. The maximum absolute atomic E-state index is 12.4. The number of amides is 1. The second-order valence-electron chi connectivity index (χ2n) is 6.12. The first kappa shape index (κ1) is 16.9. The molecule has 6 heteroatoms. The SMILES string of the molecule is O=C(CCc1ccccc1Cl)N1C[C@@H](Cc2cnccn2)[C@H](O)C1. The zero-order valence-electron chi connectivity index (χ0n) is 13.3.